The maximum Gasteiger partial charge on any atom is 0.260 e. The molecule has 7 nitrogen and oxygen atoms in total. The van der Waals surface area contributed by atoms with Crippen molar-refractivity contribution in [2.24, 2.45) is 0 Å². The Morgan fingerprint density at radius 2 is 2.03 bits per heavy atom. The molecule has 0 radical (unpaired) electrons. The second kappa shape index (κ2) is 9.71. The van der Waals surface area contributed by atoms with Crippen molar-refractivity contribution in [1.29, 1.82) is 0 Å². The van der Waals surface area contributed by atoms with Crippen LogP contribution in [0.1, 0.15) is 17.3 Å². The number of piperazine rings is 1. The average Bonchev–Trinajstić information content (AvgIpc) is 2.74. The molecule has 1 aliphatic heterocycles. The highest BCUT2D eigenvalue weighted by Crippen LogP contribution is 2.24. The highest BCUT2D eigenvalue weighted by atomic mass is 79.9. The first-order chi connectivity index (χ1) is 14.4. The van der Waals surface area contributed by atoms with Gasteiger partial charge in [0.1, 0.15) is 0 Å². The van der Waals surface area contributed by atoms with Crippen molar-refractivity contribution in [3.05, 3.63) is 58.3 Å². The summed E-state index contributed by atoms with van der Waals surface area (Å²) < 4.78 is 19.6. The predicted molar refractivity (Wildman–Crippen MR) is 113 cm³/mol. The van der Waals surface area contributed by atoms with Gasteiger partial charge in [-0.3, -0.25) is 14.4 Å². The average molecular weight is 478 g/mol. The van der Waals surface area contributed by atoms with Crippen LogP contribution in [-0.4, -0.2) is 60.3 Å². The molecule has 1 unspecified atom stereocenters. The van der Waals surface area contributed by atoms with Gasteiger partial charge in [-0.25, -0.2) is 4.39 Å². The van der Waals surface area contributed by atoms with Crippen molar-refractivity contribution < 1.29 is 23.5 Å². The molecule has 2 aromatic carbocycles. The molecule has 1 atom stereocenters. The molecule has 9 heteroatoms. The third-order valence-corrected chi connectivity index (χ3v) is 5.35. The van der Waals surface area contributed by atoms with E-state index >= 15 is 0 Å². The van der Waals surface area contributed by atoms with Gasteiger partial charge >= 0.3 is 0 Å². The minimum atomic E-state index is -0.525. The largest absolute Gasteiger partial charge is 0.481 e. The fourth-order valence-electron chi connectivity index (χ4n) is 3.32. The topological polar surface area (TPSA) is 79.0 Å². The van der Waals surface area contributed by atoms with Crippen LogP contribution in [-0.2, 0) is 9.59 Å². The fourth-order valence-corrected chi connectivity index (χ4v) is 3.68. The molecule has 1 aliphatic rings. The molecule has 1 N–H and O–H groups in total. The molecule has 0 aromatic heterocycles. The van der Waals surface area contributed by atoms with Crippen LogP contribution in [0.5, 0.6) is 5.75 Å². The summed E-state index contributed by atoms with van der Waals surface area (Å²) in [7, 11) is 0. The van der Waals surface area contributed by atoms with Gasteiger partial charge in [0.05, 0.1) is 11.3 Å². The Hall–Kier alpha value is -2.94. The normalized spacial score (nSPS) is 16.2. The van der Waals surface area contributed by atoms with Crippen LogP contribution in [0.4, 0.5) is 10.1 Å². The molecule has 0 spiro atoms. The zero-order valence-electron chi connectivity index (χ0n) is 16.3. The van der Waals surface area contributed by atoms with E-state index in [1.807, 2.05) is 6.92 Å². The van der Waals surface area contributed by atoms with Gasteiger partial charge in [0.15, 0.2) is 18.2 Å². The Morgan fingerprint density at radius 3 is 2.73 bits per heavy atom. The SMILES string of the molecule is CC1CN(C(=O)COc2ccccc2F)CCN1C(=O)c1cc(Br)ccc1NC=O. The third-order valence-electron chi connectivity index (χ3n) is 4.86. The Labute approximate surface area is 181 Å². The quantitative estimate of drug-likeness (QED) is 0.648. The monoisotopic (exact) mass is 477 g/mol. The van der Waals surface area contributed by atoms with Crippen LogP contribution in [0.25, 0.3) is 0 Å². The van der Waals surface area contributed by atoms with Gasteiger partial charge in [0.25, 0.3) is 11.8 Å². The number of amides is 3. The lowest BCUT2D eigenvalue weighted by Gasteiger charge is -2.40. The molecule has 1 fully saturated rings. The first kappa shape index (κ1) is 21.8. The van der Waals surface area contributed by atoms with Crippen LogP contribution >= 0.6 is 15.9 Å². The molecule has 0 bridgehead atoms. The molecule has 2 aromatic rings. The van der Waals surface area contributed by atoms with Crippen LogP contribution < -0.4 is 10.1 Å². The number of rotatable bonds is 6. The zero-order chi connectivity index (χ0) is 21.7. The van der Waals surface area contributed by atoms with E-state index in [1.165, 1.54) is 12.1 Å². The molecular weight excluding hydrogens is 457 g/mol. The number of nitrogens with one attached hydrogen (secondary N) is 1. The predicted octanol–water partition coefficient (Wildman–Crippen LogP) is 2.91. The summed E-state index contributed by atoms with van der Waals surface area (Å²) >= 11 is 3.34. The summed E-state index contributed by atoms with van der Waals surface area (Å²) in [6.45, 7) is 2.56. The molecule has 3 rings (SSSR count). The molecule has 3 amide bonds. The third kappa shape index (κ3) is 4.96. The second-order valence-corrected chi connectivity index (χ2v) is 7.77. The van der Waals surface area contributed by atoms with Gasteiger partial charge in [0, 0.05) is 30.1 Å². The van der Waals surface area contributed by atoms with Gasteiger partial charge in [0.2, 0.25) is 6.41 Å². The van der Waals surface area contributed by atoms with E-state index < -0.39 is 5.82 Å². The van der Waals surface area contributed by atoms with Gasteiger partial charge in [-0.2, -0.15) is 0 Å². The summed E-state index contributed by atoms with van der Waals surface area (Å²) in [6.07, 6.45) is 0.523. The minimum absolute atomic E-state index is 0.0255. The van der Waals surface area contributed by atoms with E-state index in [-0.39, 0.29) is 30.2 Å². The summed E-state index contributed by atoms with van der Waals surface area (Å²) in [4.78, 5) is 39.7. The lowest BCUT2D eigenvalue weighted by Crippen LogP contribution is -2.56. The van der Waals surface area contributed by atoms with E-state index in [1.54, 1.807) is 40.1 Å². The molecule has 1 saturated heterocycles. The maximum absolute atomic E-state index is 13.6. The maximum atomic E-state index is 13.6. The first-order valence-corrected chi connectivity index (χ1v) is 10.2. The summed E-state index contributed by atoms with van der Waals surface area (Å²) in [5.74, 6) is -1.01. The highest BCUT2D eigenvalue weighted by Gasteiger charge is 2.31. The molecular formula is C21H21BrFN3O4. The van der Waals surface area contributed by atoms with Crippen molar-refractivity contribution in [2.75, 3.05) is 31.6 Å². The second-order valence-electron chi connectivity index (χ2n) is 6.86. The van der Waals surface area contributed by atoms with Gasteiger partial charge < -0.3 is 19.9 Å². The Morgan fingerprint density at radius 1 is 1.27 bits per heavy atom. The van der Waals surface area contributed by atoms with E-state index in [4.69, 9.17) is 4.74 Å². The number of carbonyl (C=O) groups is 3. The minimum Gasteiger partial charge on any atom is -0.481 e. The fraction of sp³-hybridized carbons (Fsp3) is 0.286. The van der Waals surface area contributed by atoms with Crippen molar-refractivity contribution >= 4 is 39.8 Å². The molecule has 1 heterocycles. The number of anilines is 1. The van der Waals surface area contributed by atoms with Crippen molar-refractivity contribution in [2.45, 2.75) is 13.0 Å². The number of para-hydroxylation sites is 1. The standard InChI is InChI=1S/C21H21BrFN3O4/c1-14-11-25(20(28)12-30-19-5-3-2-4-17(19)23)8-9-26(14)21(29)16-10-15(22)6-7-18(16)24-13-27/h2-7,10,13-14H,8-9,11-12H2,1H3,(H,24,27). The van der Waals surface area contributed by atoms with Crippen LogP contribution in [0, 0.1) is 5.82 Å². The smallest absolute Gasteiger partial charge is 0.260 e. The van der Waals surface area contributed by atoms with E-state index in [9.17, 15) is 18.8 Å². The zero-order valence-corrected chi connectivity index (χ0v) is 17.9. The lowest BCUT2D eigenvalue weighted by molar-refractivity contribution is -0.135. The van der Waals surface area contributed by atoms with E-state index in [2.05, 4.69) is 21.2 Å². The number of hydrogen-bond donors (Lipinski definition) is 1. The number of halogens is 2. The van der Waals surface area contributed by atoms with Gasteiger partial charge in [-0.1, -0.05) is 28.1 Å². The van der Waals surface area contributed by atoms with Gasteiger partial charge in [-0.15, -0.1) is 0 Å². The van der Waals surface area contributed by atoms with Crippen molar-refractivity contribution in [1.82, 2.24) is 9.80 Å². The number of carbonyl (C=O) groups excluding carboxylic acids is 3. The first-order valence-electron chi connectivity index (χ1n) is 9.36. The lowest BCUT2D eigenvalue weighted by atomic mass is 10.1. The van der Waals surface area contributed by atoms with Gasteiger partial charge in [-0.05, 0) is 37.3 Å². The number of ether oxygens (including phenoxy) is 1. The van der Waals surface area contributed by atoms with Crippen molar-refractivity contribution in [3.63, 3.8) is 0 Å². The van der Waals surface area contributed by atoms with Crippen LogP contribution in [0.3, 0.4) is 0 Å². The van der Waals surface area contributed by atoms with E-state index in [0.29, 0.717) is 41.8 Å². The summed E-state index contributed by atoms with van der Waals surface area (Å²) in [6, 6.07) is 10.7. The van der Waals surface area contributed by atoms with Crippen LogP contribution in [0.15, 0.2) is 46.9 Å². The number of hydrogen-bond acceptors (Lipinski definition) is 4. The molecule has 0 saturated carbocycles. The molecule has 0 aliphatic carbocycles. The Bertz CT molecular complexity index is 956. The summed E-state index contributed by atoms with van der Waals surface area (Å²) in [5.41, 5.74) is 0.785. The number of nitrogens with zero attached hydrogens (tertiary/aromatic N) is 2. The molecule has 30 heavy (non-hydrogen) atoms. The van der Waals surface area contributed by atoms with Crippen LogP contribution in [0.2, 0.25) is 0 Å². The number of benzene rings is 2. The van der Waals surface area contributed by atoms with E-state index in [0.717, 1.165) is 0 Å². The Kier molecular flexibility index (Phi) is 7.04. The Balaban J connectivity index is 1.63. The highest BCUT2D eigenvalue weighted by molar-refractivity contribution is 9.10. The summed E-state index contributed by atoms with van der Waals surface area (Å²) in [5, 5.41) is 2.54. The molecule has 158 valence electrons. The van der Waals surface area contributed by atoms with Crippen molar-refractivity contribution in [3.8, 4) is 5.75 Å².